The summed E-state index contributed by atoms with van der Waals surface area (Å²) in [6.07, 6.45) is 0. The highest BCUT2D eigenvalue weighted by atomic mass is 32.2. The molecule has 32 heavy (non-hydrogen) atoms. The number of hydrogen-bond donors (Lipinski definition) is 0. The van der Waals surface area contributed by atoms with Crippen LogP contribution in [0, 0.1) is 6.92 Å². The fourth-order valence-corrected chi connectivity index (χ4v) is 5.23. The molecule has 0 aliphatic rings. The molecule has 0 aliphatic heterocycles. The molecule has 0 radical (unpaired) electrons. The van der Waals surface area contributed by atoms with Crippen LogP contribution in [-0.4, -0.2) is 21.5 Å². The number of fused-ring (bicyclic) bond motifs is 2. The van der Waals surface area contributed by atoms with Crippen molar-refractivity contribution in [1.82, 2.24) is 0 Å². The van der Waals surface area contributed by atoms with Gasteiger partial charge in [0.05, 0.1) is 5.75 Å². The summed E-state index contributed by atoms with van der Waals surface area (Å²) < 4.78 is 36.9. The van der Waals surface area contributed by atoms with Crippen LogP contribution in [0.2, 0.25) is 0 Å². The molecule has 0 fully saturated rings. The zero-order valence-electron chi connectivity index (χ0n) is 18.0. The van der Waals surface area contributed by atoms with Gasteiger partial charge in [-0.3, -0.25) is 0 Å². The molecule has 2 aromatic carbocycles. The van der Waals surface area contributed by atoms with Gasteiger partial charge >= 0.3 is 11.3 Å². The van der Waals surface area contributed by atoms with E-state index >= 15 is 0 Å². The molecule has 2 heterocycles. The maximum atomic E-state index is 13.2. The van der Waals surface area contributed by atoms with Gasteiger partial charge in [-0.2, -0.15) is 0 Å². The lowest BCUT2D eigenvalue weighted by Crippen LogP contribution is -2.21. The van der Waals surface area contributed by atoms with E-state index in [1.54, 1.807) is 30.3 Å². The molecule has 0 N–H and O–H groups in total. The maximum absolute atomic E-state index is 13.2. The Morgan fingerprint density at radius 3 is 2.34 bits per heavy atom. The lowest BCUT2D eigenvalue weighted by molar-refractivity contribution is 0.532. The molecule has 0 atom stereocenters. The van der Waals surface area contributed by atoms with Gasteiger partial charge in [0.1, 0.15) is 11.2 Å². The summed E-state index contributed by atoms with van der Waals surface area (Å²) in [5, 5.41) is 1.01. The molecule has 4 rings (SSSR count). The molecular weight excluding hydrogens is 430 g/mol. The van der Waals surface area contributed by atoms with Gasteiger partial charge in [-0.05, 0) is 56.2 Å². The third-order valence-corrected chi connectivity index (χ3v) is 7.13. The predicted octanol–water partition coefficient (Wildman–Crippen LogP) is 4.03. The minimum absolute atomic E-state index is 0.271. The first kappa shape index (κ1) is 21.8. The monoisotopic (exact) mass is 453 g/mol. The summed E-state index contributed by atoms with van der Waals surface area (Å²) in [4.78, 5) is 26.3. The summed E-state index contributed by atoms with van der Waals surface area (Å²) in [6.45, 7) is 7.47. The van der Waals surface area contributed by atoms with Crippen LogP contribution in [0.3, 0.4) is 0 Å². The lowest BCUT2D eigenvalue weighted by atomic mass is 10.1. The number of nitrogens with zero attached hydrogens (tertiary/aromatic N) is 1. The van der Waals surface area contributed by atoms with Gasteiger partial charge in [0.25, 0.3) is 0 Å². The van der Waals surface area contributed by atoms with Crippen molar-refractivity contribution < 1.29 is 17.3 Å². The Hall–Kier alpha value is -3.39. The average Bonchev–Trinajstić information content (AvgIpc) is 2.73. The minimum Gasteiger partial charge on any atom is -0.423 e. The Morgan fingerprint density at radius 1 is 0.875 bits per heavy atom. The Labute approximate surface area is 184 Å². The quantitative estimate of drug-likeness (QED) is 0.407. The Balaban J connectivity index is 1.79. The molecule has 0 spiro atoms. The summed E-state index contributed by atoms with van der Waals surface area (Å²) >= 11 is 0. The molecule has 8 heteroatoms. The molecule has 0 bridgehead atoms. The van der Waals surface area contributed by atoms with Gasteiger partial charge in [0.2, 0.25) is 0 Å². The summed E-state index contributed by atoms with van der Waals surface area (Å²) in [6, 6.07) is 13.0. The zero-order valence-corrected chi connectivity index (χ0v) is 18.9. The highest BCUT2D eigenvalue weighted by molar-refractivity contribution is 7.90. The second-order valence-corrected chi connectivity index (χ2v) is 9.60. The van der Waals surface area contributed by atoms with E-state index in [9.17, 15) is 18.0 Å². The predicted molar refractivity (Wildman–Crippen MR) is 124 cm³/mol. The number of rotatable bonds is 6. The van der Waals surface area contributed by atoms with Crippen LogP contribution < -0.4 is 16.2 Å². The van der Waals surface area contributed by atoms with Crippen LogP contribution in [0.4, 0.5) is 5.69 Å². The Kier molecular flexibility index (Phi) is 5.64. The highest BCUT2D eigenvalue weighted by Crippen LogP contribution is 2.26. The molecule has 0 amide bonds. The molecular formula is C24H23NO6S. The standard InChI is InChI=1S/C24H23NO6S/c1-4-25(5-2)18-8-7-16-11-22(24(27)31-20(16)13-18)32(28,29)14-17-12-23(26)30-21-10-15(3)6-9-19(17)21/h6-13H,4-5,14H2,1-3H3. The van der Waals surface area contributed by atoms with E-state index in [2.05, 4.69) is 4.90 Å². The van der Waals surface area contributed by atoms with Crippen molar-refractivity contribution in [1.29, 1.82) is 0 Å². The van der Waals surface area contributed by atoms with Crippen molar-refractivity contribution >= 4 is 37.5 Å². The van der Waals surface area contributed by atoms with E-state index < -0.39 is 31.7 Å². The van der Waals surface area contributed by atoms with Gasteiger partial charge in [0.15, 0.2) is 14.7 Å². The van der Waals surface area contributed by atoms with Crippen LogP contribution in [0.25, 0.3) is 21.9 Å². The van der Waals surface area contributed by atoms with Crippen LogP contribution in [0.1, 0.15) is 25.0 Å². The summed E-state index contributed by atoms with van der Waals surface area (Å²) in [7, 11) is -4.09. The van der Waals surface area contributed by atoms with Crippen molar-refractivity contribution in [2.24, 2.45) is 0 Å². The second kappa shape index (κ2) is 8.27. The number of hydrogen-bond acceptors (Lipinski definition) is 7. The Morgan fingerprint density at radius 2 is 1.62 bits per heavy atom. The fraction of sp³-hybridized carbons (Fsp3) is 0.250. The first-order valence-electron chi connectivity index (χ1n) is 10.3. The fourth-order valence-electron chi connectivity index (χ4n) is 3.82. The highest BCUT2D eigenvalue weighted by Gasteiger charge is 2.23. The molecule has 0 saturated carbocycles. The van der Waals surface area contributed by atoms with Gasteiger partial charge in [-0.25, -0.2) is 18.0 Å². The lowest BCUT2D eigenvalue weighted by Gasteiger charge is -2.21. The topological polar surface area (TPSA) is 97.8 Å². The largest absolute Gasteiger partial charge is 0.423 e. The van der Waals surface area contributed by atoms with Crippen LogP contribution >= 0.6 is 0 Å². The van der Waals surface area contributed by atoms with Gasteiger partial charge in [-0.15, -0.1) is 0 Å². The van der Waals surface area contributed by atoms with Crippen molar-refractivity contribution in [2.45, 2.75) is 31.4 Å². The van der Waals surface area contributed by atoms with E-state index in [1.807, 2.05) is 26.8 Å². The summed E-state index contributed by atoms with van der Waals surface area (Å²) in [5.74, 6) is -0.522. The first-order valence-corrected chi connectivity index (χ1v) is 12.0. The normalized spacial score (nSPS) is 11.8. The van der Waals surface area contributed by atoms with E-state index in [0.717, 1.165) is 30.4 Å². The Bertz CT molecular complexity index is 1540. The van der Waals surface area contributed by atoms with Gasteiger partial charge in [-0.1, -0.05) is 12.1 Å². The molecule has 0 aliphatic carbocycles. The second-order valence-electron chi connectivity index (χ2n) is 7.64. The summed E-state index contributed by atoms with van der Waals surface area (Å²) in [5.41, 5.74) is 1.07. The molecule has 166 valence electrons. The number of sulfone groups is 1. The number of aryl methyl sites for hydroxylation is 1. The SMILES string of the molecule is CCN(CC)c1ccc2cc(S(=O)(=O)Cc3cc(=O)oc4cc(C)ccc34)c(=O)oc2c1. The van der Waals surface area contributed by atoms with Crippen molar-refractivity contribution in [3.63, 3.8) is 0 Å². The molecule has 7 nitrogen and oxygen atoms in total. The van der Waals surface area contributed by atoms with Gasteiger partial charge < -0.3 is 13.7 Å². The van der Waals surface area contributed by atoms with E-state index in [4.69, 9.17) is 8.83 Å². The van der Waals surface area contributed by atoms with Crippen molar-refractivity contribution in [3.05, 3.63) is 80.5 Å². The van der Waals surface area contributed by atoms with Crippen molar-refractivity contribution in [3.8, 4) is 0 Å². The van der Waals surface area contributed by atoms with E-state index in [1.165, 1.54) is 6.07 Å². The molecule has 0 unspecified atom stereocenters. The van der Waals surface area contributed by atoms with Gasteiger partial charge in [0, 0.05) is 41.7 Å². The van der Waals surface area contributed by atoms with E-state index in [-0.39, 0.29) is 5.56 Å². The third kappa shape index (κ3) is 4.05. The number of anilines is 1. The number of benzene rings is 2. The van der Waals surface area contributed by atoms with E-state index in [0.29, 0.717) is 21.9 Å². The van der Waals surface area contributed by atoms with Crippen LogP contribution in [0.15, 0.2) is 71.8 Å². The average molecular weight is 454 g/mol. The molecule has 0 saturated heterocycles. The maximum Gasteiger partial charge on any atom is 0.355 e. The molecule has 4 aromatic rings. The smallest absolute Gasteiger partial charge is 0.355 e. The van der Waals surface area contributed by atoms with Crippen LogP contribution in [-0.2, 0) is 15.6 Å². The first-order chi connectivity index (χ1) is 15.2. The molecule has 2 aromatic heterocycles. The van der Waals surface area contributed by atoms with Crippen LogP contribution in [0.5, 0.6) is 0 Å². The zero-order chi connectivity index (χ0) is 23.0. The third-order valence-electron chi connectivity index (χ3n) is 5.48. The minimum atomic E-state index is -4.09. The van der Waals surface area contributed by atoms with Crippen molar-refractivity contribution in [2.75, 3.05) is 18.0 Å².